The van der Waals surface area contributed by atoms with Crippen LogP contribution in [0.25, 0.3) is 0 Å². The van der Waals surface area contributed by atoms with Crippen LogP contribution in [0.3, 0.4) is 0 Å². The van der Waals surface area contributed by atoms with E-state index in [1.54, 1.807) is 0 Å². The first-order valence-electron chi connectivity index (χ1n) is 12.5. The van der Waals surface area contributed by atoms with E-state index >= 15 is 0 Å². The maximum Gasteiger partial charge on any atom is 0.209 e. The lowest BCUT2D eigenvalue weighted by Crippen LogP contribution is -2.40. The SMILES string of the molecule is CN1C(=CC=CC2=[N+](C)c3ccccc3C23CCC3)C(C)(Cc2ccccc2)c2ccccc21. The molecule has 2 nitrogen and oxygen atoms in total. The molecule has 0 saturated heterocycles. The van der Waals surface area contributed by atoms with Crippen molar-refractivity contribution >= 4 is 17.1 Å². The highest BCUT2D eigenvalue weighted by Crippen LogP contribution is 2.52. The Bertz CT molecular complexity index is 1340. The summed E-state index contributed by atoms with van der Waals surface area (Å²) in [6.45, 7) is 2.40. The number of para-hydroxylation sites is 2. The minimum absolute atomic E-state index is 0.0690. The Morgan fingerprint density at radius 1 is 0.882 bits per heavy atom. The molecule has 170 valence electrons. The number of anilines is 1. The summed E-state index contributed by atoms with van der Waals surface area (Å²) in [5, 5.41) is 0. The average molecular weight is 446 g/mol. The lowest BCUT2D eigenvalue weighted by atomic mass is 9.62. The van der Waals surface area contributed by atoms with E-state index in [1.165, 1.54) is 58.7 Å². The molecule has 1 saturated carbocycles. The molecule has 3 aliphatic rings. The van der Waals surface area contributed by atoms with Gasteiger partial charge in [0, 0.05) is 41.6 Å². The van der Waals surface area contributed by atoms with Crippen LogP contribution in [0, 0.1) is 0 Å². The van der Waals surface area contributed by atoms with Crippen LogP contribution in [0.5, 0.6) is 0 Å². The molecular weight excluding hydrogens is 412 g/mol. The summed E-state index contributed by atoms with van der Waals surface area (Å²) < 4.78 is 2.42. The van der Waals surface area contributed by atoms with Crippen molar-refractivity contribution < 1.29 is 4.58 Å². The first-order chi connectivity index (χ1) is 16.5. The third kappa shape index (κ3) is 2.98. The number of benzene rings is 3. The summed E-state index contributed by atoms with van der Waals surface area (Å²) in [7, 11) is 4.45. The summed E-state index contributed by atoms with van der Waals surface area (Å²) in [6, 6.07) is 28.7. The molecule has 1 aliphatic carbocycles. The highest BCUT2D eigenvalue weighted by atomic mass is 15.2. The van der Waals surface area contributed by atoms with Gasteiger partial charge in [0.15, 0.2) is 5.71 Å². The second kappa shape index (κ2) is 7.84. The van der Waals surface area contributed by atoms with Crippen LogP contribution in [-0.2, 0) is 17.3 Å². The van der Waals surface area contributed by atoms with Gasteiger partial charge in [-0.05, 0) is 49.5 Å². The van der Waals surface area contributed by atoms with E-state index in [0.29, 0.717) is 0 Å². The molecule has 2 heterocycles. The van der Waals surface area contributed by atoms with Gasteiger partial charge < -0.3 is 4.90 Å². The topological polar surface area (TPSA) is 6.25 Å². The number of hydrogen-bond donors (Lipinski definition) is 0. The van der Waals surface area contributed by atoms with E-state index in [-0.39, 0.29) is 10.8 Å². The molecule has 0 aromatic heterocycles. The monoisotopic (exact) mass is 445 g/mol. The van der Waals surface area contributed by atoms with Gasteiger partial charge in [-0.25, -0.2) is 0 Å². The van der Waals surface area contributed by atoms with Gasteiger partial charge in [-0.15, -0.1) is 0 Å². The molecule has 1 fully saturated rings. The van der Waals surface area contributed by atoms with E-state index in [9.17, 15) is 0 Å². The summed E-state index contributed by atoms with van der Waals surface area (Å²) in [5.74, 6) is 0. The van der Waals surface area contributed by atoms with Crippen LogP contribution in [0.15, 0.2) is 103 Å². The van der Waals surface area contributed by atoms with Gasteiger partial charge in [-0.2, -0.15) is 4.58 Å². The molecule has 0 N–H and O–H groups in total. The van der Waals surface area contributed by atoms with E-state index in [4.69, 9.17) is 0 Å². The van der Waals surface area contributed by atoms with E-state index in [0.717, 1.165) is 6.42 Å². The second-order valence-corrected chi connectivity index (χ2v) is 10.4. The molecule has 2 aliphatic heterocycles. The van der Waals surface area contributed by atoms with Crippen molar-refractivity contribution in [1.82, 2.24) is 0 Å². The maximum atomic E-state index is 2.42. The maximum absolute atomic E-state index is 2.42. The largest absolute Gasteiger partial charge is 0.347 e. The Kier molecular flexibility index (Phi) is 4.88. The molecule has 0 amide bonds. The molecule has 1 atom stereocenters. The van der Waals surface area contributed by atoms with Crippen molar-refractivity contribution in [1.29, 1.82) is 0 Å². The normalized spacial score (nSPS) is 23.6. The molecule has 3 aromatic carbocycles. The Balaban J connectivity index is 1.40. The minimum Gasteiger partial charge on any atom is -0.347 e. The predicted molar refractivity (Wildman–Crippen MR) is 142 cm³/mol. The molecule has 1 unspecified atom stereocenters. The van der Waals surface area contributed by atoms with Crippen molar-refractivity contribution in [2.24, 2.45) is 0 Å². The third-order valence-corrected chi connectivity index (χ3v) is 8.53. The molecular formula is C32H33N2+. The summed E-state index contributed by atoms with van der Waals surface area (Å²) in [5.41, 5.74) is 9.92. The first-order valence-corrected chi connectivity index (χ1v) is 12.5. The van der Waals surface area contributed by atoms with E-state index < -0.39 is 0 Å². The van der Waals surface area contributed by atoms with Gasteiger partial charge in [0.25, 0.3) is 0 Å². The number of nitrogens with zero attached hydrogens (tertiary/aromatic N) is 2. The summed E-state index contributed by atoms with van der Waals surface area (Å²) in [4.78, 5) is 2.39. The van der Waals surface area contributed by atoms with Crippen LogP contribution in [-0.4, -0.2) is 24.4 Å². The fraction of sp³-hybridized carbons (Fsp3) is 0.281. The second-order valence-electron chi connectivity index (χ2n) is 10.4. The number of likely N-dealkylation sites (N-methyl/N-ethyl adjacent to an activating group) is 1. The highest BCUT2D eigenvalue weighted by Gasteiger charge is 2.53. The van der Waals surface area contributed by atoms with Gasteiger partial charge in [-0.3, -0.25) is 0 Å². The average Bonchev–Trinajstić information content (AvgIpc) is 3.21. The number of hydrogen-bond acceptors (Lipinski definition) is 1. The van der Waals surface area contributed by atoms with Gasteiger partial charge >= 0.3 is 0 Å². The van der Waals surface area contributed by atoms with Crippen LogP contribution in [0.1, 0.15) is 42.9 Å². The molecule has 0 bridgehead atoms. The zero-order chi connectivity index (χ0) is 23.3. The molecule has 2 heteroatoms. The van der Waals surface area contributed by atoms with Crippen LogP contribution >= 0.6 is 0 Å². The van der Waals surface area contributed by atoms with Gasteiger partial charge in [0.2, 0.25) is 5.69 Å². The highest BCUT2D eigenvalue weighted by molar-refractivity contribution is 6.04. The Morgan fingerprint density at radius 3 is 2.29 bits per heavy atom. The predicted octanol–water partition coefficient (Wildman–Crippen LogP) is 6.93. The lowest BCUT2D eigenvalue weighted by molar-refractivity contribution is -0.402. The minimum atomic E-state index is -0.0690. The zero-order valence-electron chi connectivity index (χ0n) is 20.5. The summed E-state index contributed by atoms with van der Waals surface area (Å²) in [6.07, 6.45) is 11.8. The van der Waals surface area contributed by atoms with Crippen molar-refractivity contribution in [2.75, 3.05) is 19.0 Å². The number of allylic oxidation sites excluding steroid dienone is 4. The number of rotatable bonds is 4. The molecule has 3 aromatic rings. The smallest absolute Gasteiger partial charge is 0.209 e. The zero-order valence-corrected chi connectivity index (χ0v) is 20.5. The van der Waals surface area contributed by atoms with Crippen molar-refractivity contribution in [2.45, 2.75) is 43.4 Å². The Hall–Kier alpha value is -3.39. The van der Waals surface area contributed by atoms with Gasteiger partial charge in [0.1, 0.15) is 7.05 Å². The first kappa shape index (κ1) is 21.2. The third-order valence-electron chi connectivity index (χ3n) is 8.53. The Labute approximate surface area is 203 Å². The van der Waals surface area contributed by atoms with Crippen LogP contribution in [0.4, 0.5) is 11.4 Å². The fourth-order valence-corrected chi connectivity index (χ4v) is 6.67. The van der Waals surface area contributed by atoms with Crippen molar-refractivity contribution in [3.8, 4) is 0 Å². The van der Waals surface area contributed by atoms with Crippen LogP contribution in [0.2, 0.25) is 0 Å². The van der Waals surface area contributed by atoms with Gasteiger partial charge in [0.05, 0.1) is 5.41 Å². The van der Waals surface area contributed by atoms with E-state index in [1.807, 2.05) is 0 Å². The van der Waals surface area contributed by atoms with Crippen molar-refractivity contribution in [3.63, 3.8) is 0 Å². The van der Waals surface area contributed by atoms with Crippen molar-refractivity contribution in [3.05, 3.63) is 119 Å². The van der Waals surface area contributed by atoms with Crippen LogP contribution < -0.4 is 4.90 Å². The number of fused-ring (bicyclic) bond motifs is 3. The van der Waals surface area contributed by atoms with E-state index in [2.05, 4.69) is 128 Å². The Morgan fingerprint density at radius 2 is 1.56 bits per heavy atom. The summed E-state index contributed by atoms with van der Waals surface area (Å²) >= 11 is 0. The quantitative estimate of drug-likeness (QED) is 0.395. The molecule has 6 rings (SSSR count). The van der Waals surface area contributed by atoms with Gasteiger partial charge in [-0.1, -0.05) is 79.2 Å². The molecule has 34 heavy (non-hydrogen) atoms. The lowest BCUT2D eigenvalue weighted by Gasteiger charge is -2.36. The standard InChI is InChI=1S/C32H33N2/c1-31(23-24-13-5-4-6-14-24)25-15-7-9-17-27(25)33(2)29(31)19-11-20-30-32(21-12-22-32)26-16-8-10-18-28(26)34(30)3/h4-11,13-20H,12,21-23H2,1-3H3/q+1. The molecule has 0 radical (unpaired) electrons. The molecule has 1 spiro atoms. The fourth-order valence-electron chi connectivity index (χ4n) is 6.67.